The summed E-state index contributed by atoms with van der Waals surface area (Å²) in [4.78, 5) is 39.4. The predicted molar refractivity (Wildman–Crippen MR) is 112 cm³/mol. The lowest BCUT2D eigenvalue weighted by Gasteiger charge is -2.25. The number of nitrogens with one attached hydrogen (secondary N) is 2. The zero-order valence-corrected chi connectivity index (χ0v) is 17.4. The predicted octanol–water partition coefficient (Wildman–Crippen LogP) is 3.75. The third-order valence-corrected chi connectivity index (χ3v) is 5.61. The molecule has 30 heavy (non-hydrogen) atoms. The lowest BCUT2D eigenvalue weighted by Crippen LogP contribution is -2.44. The van der Waals surface area contributed by atoms with Gasteiger partial charge in [0.05, 0.1) is 0 Å². The molecule has 6 nitrogen and oxygen atoms in total. The van der Waals surface area contributed by atoms with Crippen molar-refractivity contribution in [2.75, 3.05) is 11.9 Å². The van der Waals surface area contributed by atoms with Crippen LogP contribution in [0, 0.1) is 5.82 Å². The molecule has 0 bridgehead atoms. The largest absolute Gasteiger partial charge is 0.325 e. The molecule has 0 aromatic heterocycles. The number of amides is 4. The SMILES string of the molecule is CCc1cccc(CC)c1NC(=O)CN1C(=O)N[C@](CC)(c2ccc(F)cc2)C1=O. The van der Waals surface area contributed by atoms with Crippen LogP contribution < -0.4 is 10.6 Å². The first kappa shape index (κ1) is 21.5. The van der Waals surface area contributed by atoms with Crippen LogP contribution in [0.25, 0.3) is 0 Å². The van der Waals surface area contributed by atoms with E-state index in [9.17, 15) is 18.8 Å². The summed E-state index contributed by atoms with van der Waals surface area (Å²) in [5.74, 6) is -1.39. The van der Waals surface area contributed by atoms with E-state index in [1.165, 1.54) is 24.3 Å². The smallest absolute Gasteiger partial charge is 0.324 e. The molecule has 158 valence electrons. The topological polar surface area (TPSA) is 78.5 Å². The molecule has 1 atom stereocenters. The molecule has 3 rings (SSSR count). The van der Waals surface area contributed by atoms with E-state index in [2.05, 4.69) is 10.6 Å². The third-order valence-electron chi connectivity index (χ3n) is 5.61. The Balaban J connectivity index is 1.82. The molecular formula is C23H26FN3O3. The van der Waals surface area contributed by atoms with E-state index < -0.39 is 35.7 Å². The maximum atomic E-state index is 13.3. The van der Waals surface area contributed by atoms with Crippen molar-refractivity contribution in [1.82, 2.24) is 10.2 Å². The normalized spacial score (nSPS) is 18.5. The second-order valence-electron chi connectivity index (χ2n) is 7.29. The van der Waals surface area contributed by atoms with Gasteiger partial charge in [0.2, 0.25) is 5.91 Å². The number of rotatable bonds is 7. The molecule has 1 heterocycles. The number of hydrogen-bond donors (Lipinski definition) is 2. The Morgan fingerprint density at radius 3 is 2.17 bits per heavy atom. The van der Waals surface area contributed by atoms with Crippen molar-refractivity contribution in [3.8, 4) is 0 Å². The number of anilines is 1. The summed E-state index contributed by atoms with van der Waals surface area (Å²) < 4.78 is 13.3. The van der Waals surface area contributed by atoms with Crippen LogP contribution in [0.5, 0.6) is 0 Å². The fourth-order valence-corrected chi connectivity index (χ4v) is 3.87. The minimum atomic E-state index is -1.30. The van der Waals surface area contributed by atoms with E-state index in [1.54, 1.807) is 6.92 Å². The molecule has 1 aliphatic heterocycles. The Bertz CT molecular complexity index is 952. The zero-order chi connectivity index (χ0) is 21.9. The Kier molecular flexibility index (Phi) is 6.20. The Labute approximate surface area is 175 Å². The molecule has 2 aromatic rings. The van der Waals surface area contributed by atoms with Crippen molar-refractivity contribution in [2.24, 2.45) is 0 Å². The molecule has 4 amide bonds. The number of urea groups is 1. The summed E-state index contributed by atoms with van der Waals surface area (Å²) >= 11 is 0. The lowest BCUT2D eigenvalue weighted by molar-refractivity contribution is -0.134. The fraction of sp³-hybridized carbons (Fsp3) is 0.348. The zero-order valence-electron chi connectivity index (χ0n) is 17.4. The first-order valence-electron chi connectivity index (χ1n) is 10.2. The van der Waals surface area contributed by atoms with Crippen LogP contribution in [0.1, 0.15) is 43.9 Å². The highest BCUT2D eigenvalue weighted by Gasteiger charge is 2.51. The summed E-state index contributed by atoms with van der Waals surface area (Å²) in [6.45, 7) is 5.37. The Morgan fingerprint density at radius 2 is 1.63 bits per heavy atom. The van der Waals surface area contributed by atoms with Gasteiger partial charge in [-0.25, -0.2) is 9.18 Å². The molecule has 1 aliphatic rings. The minimum Gasteiger partial charge on any atom is -0.324 e. The van der Waals surface area contributed by atoms with Gasteiger partial charge in [0.25, 0.3) is 5.91 Å². The number of nitrogens with zero attached hydrogens (tertiary/aromatic N) is 1. The highest BCUT2D eigenvalue weighted by molar-refractivity contribution is 6.10. The van der Waals surface area contributed by atoms with E-state index in [4.69, 9.17) is 0 Å². The van der Waals surface area contributed by atoms with Crippen molar-refractivity contribution in [3.63, 3.8) is 0 Å². The minimum absolute atomic E-state index is 0.278. The van der Waals surface area contributed by atoms with Gasteiger partial charge in [0, 0.05) is 5.69 Å². The van der Waals surface area contributed by atoms with Crippen LogP contribution in [0.3, 0.4) is 0 Å². The number of hydrogen-bond acceptors (Lipinski definition) is 3. The van der Waals surface area contributed by atoms with Gasteiger partial charge in [-0.1, -0.05) is 51.1 Å². The second kappa shape index (κ2) is 8.65. The summed E-state index contributed by atoms with van der Waals surface area (Å²) in [5, 5.41) is 5.58. The lowest BCUT2D eigenvalue weighted by atomic mass is 9.87. The first-order chi connectivity index (χ1) is 14.4. The van der Waals surface area contributed by atoms with Crippen LogP contribution in [-0.4, -0.2) is 29.3 Å². The summed E-state index contributed by atoms with van der Waals surface area (Å²) in [7, 11) is 0. The van der Waals surface area contributed by atoms with Gasteiger partial charge in [0.1, 0.15) is 17.9 Å². The van der Waals surface area contributed by atoms with Gasteiger partial charge in [-0.2, -0.15) is 0 Å². The molecule has 0 saturated carbocycles. The molecule has 1 saturated heterocycles. The number of aryl methyl sites for hydroxylation is 2. The van der Waals surface area contributed by atoms with Crippen molar-refractivity contribution >= 4 is 23.5 Å². The molecule has 2 N–H and O–H groups in total. The standard InChI is InChI=1S/C23H26FN3O3/c1-4-15-8-7-9-16(5-2)20(15)25-19(28)14-27-21(29)23(6-3,26-22(27)30)17-10-12-18(24)13-11-17/h7-13H,4-6,14H2,1-3H3,(H,25,28)(H,26,30)/t23-/m1/s1. The fourth-order valence-electron chi connectivity index (χ4n) is 3.87. The average molecular weight is 411 g/mol. The number of imide groups is 1. The van der Waals surface area contributed by atoms with Crippen LogP contribution in [0.2, 0.25) is 0 Å². The van der Waals surface area contributed by atoms with Gasteiger partial charge >= 0.3 is 6.03 Å². The Hall–Kier alpha value is -3.22. The molecule has 0 spiro atoms. The van der Waals surface area contributed by atoms with E-state index >= 15 is 0 Å². The van der Waals surface area contributed by atoms with Crippen LogP contribution in [0.4, 0.5) is 14.9 Å². The molecular weight excluding hydrogens is 385 g/mol. The van der Waals surface area contributed by atoms with Crippen LogP contribution >= 0.6 is 0 Å². The molecule has 1 fully saturated rings. The number of halogens is 1. The highest BCUT2D eigenvalue weighted by atomic mass is 19.1. The molecule has 0 unspecified atom stereocenters. The maximum absolute atomic E-state index is 13.3. The molecule has 7 heteroatoms. The van der Waals surface area contributed by atoms with Gasteiger partial charge < -0.3 is 10.6 Å². The number of para-hydroxylation sites is 1. The Morgan fingerprint density at radius 1 is 1.03 bits per heavy atom. The average Bonchev–Trinajstić information content (AvgIpc) is 2.99. The summed E-state index contributed by atoms with van der Waals surface area (Å²) in [5.41, 5.74) is 1.90. The van der Waals surface area contributed by atoms with Crippen LogP contribution in [-0.2, 0) is 28.0 Å². The summed E-state index contributed by atoms with van der Waals surface area (Å²) in [6, 6.07) is 10.6. The number of carbonyl (C=O) groups excluding carboxylic acids is 3. The van der Waals surface area contributed by atoms with E-state index in [1.807, 2.05) is 32.0 Å². The maximum Gasteiger partial charge on any atom is 0.325 e. The molecule has 0 radical (unpaired) electrons. The molecule has 0 aliphatic carbocycles. The van der Waals surface area contributed by atoms with Gasteiger partial charge in [-0.05, 0) is 48.1 Å². The third kappa shape index (κ3) is 3.79. The first-order valence-corrected chi connectivity index (χ1v) is 10.2. The van der Waals surface area contributed by atoms with Crippen molar-refractivity contribution in [3.05, 3.63) is 65.0 Å². The van der Waals surface area contributed by atoms with Gasteiger partial charge in [-0.3, -0.25) is 14.5 Å². The quantitative estimate of drug-likeness (QED) is 0.681. The number of benzene rings is 2. The number of carbonyl (C=O) groups is 3. The van der Waals surface area contributed by atoms with Crippen molar-refractivity contribution < 1.29 is 18.8 Å². The monoisotopic (exact) mass is 411 g/mol. The van der Waals surface area contributed by atoms with Gasteiger partial charge in [0.15, 0.2) is 0 Å². The van der Waals surface area contributed by atoms with Crippen LogP contribution in [0.15, 0.2) is 42.5 Å². The highest BCUT2D eigenvalue weighted by Crippen LogP contribution is 2.32. The van der Waals surface area contributed by atoms with Crippen molar-refractivity contribution in [1.29, 1.82) is 0 Å². The van der Waals surface area contributed by atoms with E-state index in [0.717, 1.165) is 34.6 Å². The van der Waals surface area contributed by atoms with Gasteiger partial charge in [-0.15, -0.1) is 0 Å². The molecule has 2 aromatic carbocycles. The second-order valence-corrected chi connectivity index (χ2v) is 7.29. The van der Waals surface area contributed by atoms with E-state index in [-0.39, 0.29) is 6.42 Å². The summed E-state index contributed by atoms with van der Waals surface area (Å²) in [6.07, 6.45) is 1.77. The van der Waals surface area contributed by atoms with E-state index in [0.29, 0.717) is 5.56 Å². The van der Waals surface area contributed by atoms with Crippen molar-refractivity contribution in [2.45, 2.75) is 45.6 Å².